The van der Waals surface area contributed by atoms with Gasteiger partial charge in [0.25, 0.3) is 11.8 Å². The zero-order valence-electron chi connectivity index (χ0n) is 17.9. The van der Waals surface area contributed by atoms with E-state index in [-0.39, 0.29) is 18.0 Å². The number of amides is 2. The summed E-state index contributed by atoms with van der Waals surface area (Å²) < 4.78 is 4.98. The first kappa shape index (κ1) is 20.9. The van der Waals surface area contributed by atoms with Gasteiger partial charge in [0.2, 0.25) is 0 Å². The molecule has 0 bridgehead atoms. The van der Waals surface area contributed by atoms with Crippen molar-refractivity contribution in [3.8, 4) is 0 Å². The molecule has 1 fully saturated rings. The summed E-state index contributed by atoms with van der Waals surface area (Å²) in [5.41, 5.74) is 2.97. The van der Waals surface area contributed by atoms with Crippen LogP contribution in [0.2, 0.25) is 0 Å². The van der Waals surface area contributed by atoms with Crippen LogP contribution >= 0.6 is 0 Å². The third-order valence-corrected chi connectivity index (χ3v) is 5.89. The van der Waals surface area contributed by atoms with Crippen LogP contribution in [0.3, 0.4) is 0 Å². The lowest BCUT2D eigenvalue weighted by atomic mass is 9.97. The Hall–Kier alpha value is -3.35. The summed E-state index contributed by atoms with van der Waals surface area (Å²) in [5, 5.41) is 2.86. The van der Waals surface area contributed by atoms with Crippen molar-refractivity contribution in [2.24, 2.45) is 0 Å². The van der Waals surface area contributed by atoms with Gasteiger partial charge in [-0.25, -0.2) is 4.79 Å². The van der Waals surface area contributed by atoms with Gasteiger partial charge in [-0.05, 0) is 75.6 Å². The van der Waals surface area contributed by atoms with E-state index in [1.54, 1.807) is 43.3 Å². The molecule has 162 valence electrons. The molecule has 2 aliphatic heterocycles. The highest BCUT2D eigenvalue weighted by molar-refractivity contribution is 6.08. The molecule has 2 heterocycles. The van der Waals surface area contributed by atoms with Crippen LogP contribution in [0.15, 0.2) is 42.5 Å². The number of rotatable bonds is 5. The fraction of sp³-hybridized carbons (Fsp3) is 0.375. The monoisotopic (exact) mass is 421 g/mol. The molecule has 7 nitrogen and oxygen atoms in total. The average Bonchev–Trinajstić information content (AvgIpc) is 2.80. The minimum Gasteiger partial charge on any atom is -0.462 e. The fourth-order valence-electron chi connectivity index (χ4n) is 4.37. The molecule has 0 spiro atoms. The molecule has 0 aromatic heterocycles. The number of nitrogens with one attached hydrogen (secondary N) is 1. The van der Waals surface area contributed by atoms with Crippen LogP contribution in [0, 0.1) is 0 Å². The molecule has 2 amide bonds. The highest BCUT2D eigenvalue weighted by Crippen LogP contribution is 2.35. The first-order valence-electron chi connectivity index (χ1n) is 10.8. The normalized spacial score (nSPS) is 17.6. The number of carbonyl (C=O) groups excluding carboxylic acids is 3. The second-order valence-electron chi connectivity index (χ2n) is 7.74. The van der Waals surface area contributed by atoms with Crippen molar-refractivity contribution in [1.29, 1.82) is 0 Å². The zero-order valence-corrected chi connectivity index (χ0v) is 17.9. The maximum absolute atomic E-state index is 13.0. The molecule has 0 unspecified atom stereocenters. The number of hydrogen-bond acceptors (Lipinski definition) is 5. The van der Waals surface area contributed by atoms with Gasteiger partial charge < -0.3 is 19.9 Å². The van der Waals surface area contributed by atoms with Gasteiger partial charge in [-0.15, -0.1) is 0 Å². The topological polar surface area (TPSA) is 79.0 Å². The molecule has 1 saturated heterocycles. The third-order valence-electron chi connectivity index (χ3n) is 5.89. The quantitative estimate of drug-likeness (QED) is 0.741. The third kappa shape index (κ3) is 4.00. The molecular formula is C24H27N3O4. The molecule has 0 saturated carbocycles. The van der Waals surface area contributed by atoms with Gasteiger partial charge in [-0.2, -0.15) is 0 Å². The first-order valence-corrected chi connectivity index (χ1v) is 10.8. The van der Waals surface area contributed by atoms with Gasteiger partial charge in [0.05, 0.1) is 23.4 Å². The Bertz CT molecular complexity index is 1000. The van der Waals surface area contributed by atoms with Crippen LogP contribution in [-0.2, 0) is 4.74 Å². The van der Waals surface area contributed by atoms with Crippen molar-refractivity contribution in [3.05, 3.63) is 59.2 Å². The van der Waals surface area contributed by atoms with Gasteiger partial charge >= 0.3 is 5.97 Å². The number of carbonyl (C=O) groups is 3. The summed E-state index contributed by atoms with van der Waals surface area (Å²) >= 11 is 0. The van der Waals surface area contributed by atoms with Crippen molar-refractivity contribution in [2.75, 3.05) is 29.9 Å². The molecule has 31 heavy (non-hydrogen) atoms. The molecule has 0 aliphatic carbocycles. The number of nitrogens with zero attached hydrogens (tertiary/aromatic N) is 2. The Morgan fingerprint density at radius 2 is 1.81 bits per heavy atom. The van der Waals surface area contributed by atoms with E-state index in [0.29, 0.717) is 29.0 Å². The van der Waals surface area contributed by atoms with E-state index >= 15 is 0 Å². The van der Waals surface area contributed by atoms with Crippen molar-refractivity contribution >= 4 is 29.2 Å². The lowest BCUT2D eigenvalue weighted by molar-refractivity contribution is 0.0525. The molecule has 4 rings (SSSR count). The molecule has 2 aromatic carbocycles. The Labute approximate surface area is 182 Å². The Morgan fingerprint density at radius 1 is 1.06 bits per heavy atom. The minimum absolute atomic E-state index is 0.0471. The van der Waals surface area contributed by atoms with Gasteiger partial charge in [0, 0.05) is 24.3 Å². The highest BCUT2D eigenvalue weighted by Gasteiger charge is 2.38. The van der Waals surface area contributed by atoms with Crippen molar-refractivity contribution in [2.45, 2.75) is 39.3 Å². The van der Waals surface area contributed by atoms with Crippen molar-refractivity contribution < 1.29 is 19.1 Å². The van der Waals surface area contributed by atoms with E-state index in [1.165, 1.54) is 0 Å². The Kier molecular flexibility index (Phi) is 5.93. The van der Waals surface area contributed by atoms with E-state index in [4.69, 9.17) is 4.74 Å². The number of fused-ring (bicyclic) bond motifs is 2. The summed E-state index contributed by atoms with van der Waals surface area (Å²) in [6.07, 6.45) is 3.14. The van der Waals surface area contributed by atoms with E-state index < -0.39 is 5.97 Å². The molecule has 2 aromatic rings. The summed E-state index contributed by atoms with van der Waals surface area (Å²) in [5.74, 6) is -0.608. The minimum atomic E-state index is -0.392. The van der Waals surface area contributed by atoms with Gasteiger partial charge in [0.15, 0.2) is 0 Å². The lowest BCUT2D eigenvalue weighted by Crippen LogP contribution is -2.57. The van der Waals surface area contributed by atoms with Crippen LogP contribution < -0.4 is 10.2 Å². The summed E-state index contributed by atoms with van der Waals surface area (Å²) in [6, 6.07) is 11.8. The largest absolute Gasteiger partial charge is 0.462 e. The smallest absolute Gasteiger partial charge is 0.338 e. The predicted octanol–water partition coefficient (Wildman–Crippen LogP) is 3.91. The van der Waals surface area contributed by atoms with Gasteiger partial charge in [0.1, 0.15) is 6.17 Å². The van der Waals surface area contributed by atoms with Crippen LogP contribution in [0.25, 0.3) is 0 Å². The van der Waals surface area contributed by atoms with Crippen LogP contribution in [0.5, 0.6) is 0 Å². The van der Waals surface area contributed by atoms with E-state index in [1.807, 2.05) is 11.0 Å². The number of esters is 1. The SMILES string of the molecule is CCOC(=O)c1ccc(NC(=O)c2ccc3c(c2)N(CC)[C@H]2CCCCN2C3=O)cc1. The second-order valence-corrected chi connectivity index (χ2v) is 7.74. The summed E-state index contributed by atoms with van der Waals surface area (Å²) in [4.78, 5) is 41.8. The first-order chi connectivity index (χ1) is 15.0. The van der Waals surface area contributed by atoms with E-state index in [2.05, 4.69) is 17.1 Å². The molecule has 1 N–H and O–H groups in total. The molecule has 1 atom stereocenters. The van der Waals surface area contributed by atoms with Gasteiger partial charge in [-0.1, -0.05) is 0 Å². The highest BCUT2D eigenvalue weighted by atomic mass is 16.5. The Morgan fingerprint density at radius 3 is 2.52 bits per heavy atom. The second kappa shape index (κ2) is 8.79. The zero-order chi connectivity index (χ0) is 22.0. The number of ether oxygens (including phenoxy) is 1. The van der Waals surface area contributed by atoms with Crippen molar-refractivity contribution in [1.82, 2.24) is 4.90 Å². The number of hydrogen-bond donors (Lipinski definition) is 1. The number of piperidine rings is 1. The number of anilines is 2. The lowest BCUT2D eigenvalue weighted by Gasteiger charge is -2.47. The number of benzene rings is 2. The van der Waals surface area contributed by atoms with Gasteiger partial charge in [-0.3, -0.25) is 9.59 Å². The molecule has 2 aliphatic rings. The average molecular weight is 421 g/mol. The fourth-order valence-corrected chi connectivity index (χ4v) is 4.37. The molecular weight excluding hydrogens is 394 g/mol. The Balaban J connectivity index is 1.55. The predicted molar refractivity (Wildman–Crippen MR) is 118 cm³/mol. The van der Waals surface area contributed by atoms with Crippen LogP contribution in [0.1, 0.15) is 64.2 Å². The van der Waals surface area contributed by atoms with E-state index in [0.717, 1.165) is 38.0 Å². The van der Waals surface area contributed by atoms with Crippen LogP contribution in [0.4, 0.5) is 11.4 Å². The van der Waals surface area contributed by atoms with Crippen molar-refractivity contribution in [3.63, 3.8) is 0 Å². The molecule has 7 heteroatoms. The molecule has 0 radical (unpaired) electrons. The van der Waals surface area contributed by atoms with Crippen LogP contribution in [-0.4, -0.2) is 48.5 Å². The maximum atomic E-state index is 13.0. The van der Waals surface area contributed by atoms with E-state index in [9.17, 15) is 14.4 Å². The summed E-state index contributed by atoms with van der Waals surface area (Å²) in [7, 11) is 0. The maximum Gasteiger partial charge on any atom is 0.338 e. The standard InChI is InChI=1S/C24H27N3O4/c1-3-26-20-15-17(10-13-19(20)23(29)27-14-6-5-7-21(26)27)22(28)25-18-11-8-16(9-12-18)24(30)31-4-2/h8-13,15,21H,3-7,14H2,1-2H3,(H,25,28)/t21-/m1/s1. The summed E-state index contributed by atoms with van der Waals surface area (Å²) in [6.45, 7) is 5.69.